The smallest absolute Gasteiger partial charge is 0.0568 e. The van der Waals surface area contributed by atoms with Gasteiger partial charge in [-0.2, -0.15) is 0 Å². The predicted octanol–water partition coefficient (Wildman–Crippen LogP) is 7.37. The van der Waals surface area contributed by atoms with E-state index in [4.69, 9.17) is 0 Å². The van der Waals surface area contributed by atoms with E-state index in [2.05, 4.69) is 64.1 Å². The van der Waals surface area contributed by atoms with E-state index < -0.39 is 10.8 Å². The van der Waals surface area contributed by atoms with Gasteiger partial charge in [-0.25, -0.2) is 0 Å². The second-order valence-corrected chi connectivity index (χ2v) is 8.98. The summed E-state index contributed by atoms with van der Waals surface area (Å²) in [5.41, 5.74) is 4.17. The molecule has 0 aliphatic carbocycles. The van der Waals surface area contributed by atoms with Gasteiger partial charge >= 0.3 is 0 Å². The van der Waals surface area contributed by atoms with Crippen molar-refractivity contribution in [3.8, 4) is 0 Å². The number of allylic oxidation sites excluding steroid dienone is 5. The molecule has 1 atom stereocenters. The van der Waals surface area contributed by atoms with Crippen LogP contribution >= 0.6 is 0 Å². The predicted molar refractivity (Wildman–Crippen MR) is 121 cm³/mol. The largest absolute Gasteiger partial charge is 0.254 e. The molecule has 2 heteroatoms. The molecule has 0 saturated carbocycles. The van der Waals surface area contributed by atoms with E-state index in [-0.39, 0.29) is 0 Å². The van der Waals surface area contributed by atoms with E-state index in [1.54, 1.807) is 0 Å². The van der Waals surface area contributed by atoms with Gasteiger partial charge in [-0.05, 0) is 76.3 Å². The zero-order valence-electron chi connectivity index (χ0n) is 17.1. The Labute approximate surface area is 167 Å². The topological polar surface area (TPSA) is 17.1 Å². The summed E-state index contributed by atoms with van der Waals surface area (Å²) in [6.07, 6.45) is 11.1. The minimum absolute atomic E-state index is 0.591. The molecule has 144 valence electrons. The third-order valence-corrected chi connectivity index (χ3v) is 5.94. The number of benzene rings is 2. The summed E-state index contributed by atoms with van der Waals surface area (Å²) in [5, 5.41) is 2.34. The molecule has 0 N–H and O–H groups in total. The van der Waals surface area contributed by atoms with Crippen LogP contribution in [-0.2, 0) is 10.8 Å². The molecule has 0 aliphatic rings. The molecule has 0 bridgehead atoms. The lowest BCUT2D eigenvalue weighted by Crippen LogP contribution is -1.96. The number of hydrogen-bond acceptors (Lipinski definition) is 1. The molecule has 0 fully saturated rings. The second kappa shape index (κ2) is 11.0. The van der Waals surface area contributed by atoms with Crippen LogP contribution in [-0.4, -0.2) is 9.96 Å². The van der Waals surface area contributed by atoms with E-state index in [0.717, 1.165) is 36.0 Å². The van der Waals surface area contributed by atoms with Crippen molar-refractivity contribution < 1.29 is 4.21 Å². The molecular formula is C25H32OS. The SMILES string of the molecule is CC(C)=CCC/C(C)=C/CC/C(C)=C/CS(=O)c1ccc2ccccc2c1. The lowest BCUT2D eigenvalue weighted by Gasteiger charge is -2.04. The zero-order valence-corrected chi connectivity index (χ0v) is 17.9. The molecule has 1 unspecified atom stereocenters. The molecule has 2 aromatic rings. The lowest BCUT2D eigenvalue weighted by molar-refractivity contribution is 0.685. The van der Waals surface area contributed by atoms with Crippen molar-refractivity contribution in [2.24, 2.45) is 0 Å². The van der Waals surface area contributed by atoms with Gasteiger partial charge in [-0.15, -0.1) is 0 Å². The Morgan fingerprint density at radius 2 is 1.44 bits per heavy atom. The van der Waals surface area contributed by atoms with Crippen molar-refractivity contribution >= 4 is 21.6 Å². The minimum atomic E-state index is -0.981. The summed E-state index contributed by atoms with van der Waals surface area (Å²) < 4.78 is 12.6. The highest BCUT2D eigenvalue weighted by Gasteiger charge is 2.03. The van der Waals surface area contributed by atoms with Gasteiger partial charge in [0, 0.05) is 10.6 Å². The quantitative estimate of drug-likeness (QED) is 0.415. The normalized spacial score (nSPS) is 13.6. The van der Waals surface area contributed by atoms with Crippen LogP contribution in [0.2, 0.25) is 0 Å². The summed E-state index contributed by atoms with van der Waals surface area (Å²) in [4.78, 5) is 0.910. The van der Waals surface area contributed by atoms with E-state index >= 15 is 0 Å². The van der Waals surface area contributed by atoms with Crippen LogP contribution in [0.15, 0.2) is 82.3 Å². The van der Waals surface area contributed by atoms with Gasteiger partial charge in [0.25, 0.3) is 0 Å². The first kappa shape index (κ1) is 21.4. The fourth-order valence-electron chi connectivity index (χ4n) is 2.96. The molecule has 2 aromatic carbocycles. The molecule has 2 rings (SSSR count). The van der Waals surface area contributed by atoms with Crippen LogP contribution in [0.5, 0.6) is 0 Å². The van der Waals surface area contributed by atoms with Crippen molar-refractivity contribution in [2.45, 2.75) is 58.3 Å². The highest BCUT2D eigenvalue weighted by atomic mass is 32.2. The Morgan fingerprint density at radius 3 is 2.15 bits per heavy atom. The van der Waals surface area contributed by atoms with Crippen LogP contribution in [0.25, 0.3) is 10.8 Å². The molecule has 0 saturated heterocycles. The van der Waals surface area contributed by atoms with Gasteiger partial charge < -0.3 is 0 Å². The van der Waals surface area contributed by atoms with Crippen molar-refractivity contribution in [3.63, 3.8) is 0 Å². The Morgan fingerprint density at radius 1 is 0.815 bits per heavy atom. The van der Waals surface area contributed by atoms with Crippen molar-refractivity contribution in [1.29, 1.82) is 0 Å². The summed E-state index contributed by atoms with van der Waals surface area (Å²) in [6.45, 7) is 8.65. The van der Waals surface area contributed by atoms with Gasteiger partial charge in [0.2, 0.25) is 0 Å². The van der Waals surface area contributed by atoms with Crippen molar-refractivity contribution in [1.82, 2.24) is 0 Å². The highest BCUT2D eigenvalue weighted by molar-refractivity contribution is 7.85. The number of fused-ring (bicyclic) bond motifs is 1. The number of hydrogen-bond donors (Lipinski definition) is 0. The van der Waals surface area contributed by atoms with Crippen molar-refractivity contribution in [3.05, 3.63) is 77.4 Å². The molecular weight excluding hydrogens is 348 g/mol. The van der Waals surface area contributed by atoms with E-state index in [0.29, 0.717) is 5.75 Å². The van der Waals surface area contributed by atoms with Gasteiger partial charge in [-0.3, -0.25) is 4.21 Å². The monoisotopic (exact) mass is 380 g/mol. The lowest BCUT2D eigenvalue weighted by atomic mass is 10.1. The molecule has 0 aromatic heterocycles. The van der Waals surface area contributed by atoms with Gasteiger partial charge in [0.15, 0.2) is 0 Å². The average molecular weight is 381 g/mol. The summed E-state index contributed by atoms with van der Waals surface area (Å²) >= 11 is 0. The fourth-order valence-corrected chi connectivity index (χ4v) is 4.07. The highest BCUT2D eigenvalue weighted by Crippen LogP contribution is 2.18. The molecule has 0 spiro atoms. The average Bonchev–Trinajstić information content (AvgIpc) is 2.65. The van der Waals surface area contributed by atoms with Crippen LogP contribution in [0.3, 0.4) is 0 Å². The summed E-state index contributed by atoms with van der Waals surface area (Å²) in [7, 11) is -0.981. The van der Waals surface area contributed by atoms with Gasteiger partial charge in [0.05, 0.1) is 10.8 Å². The van der Waals surface area contributed by atoms with Crippen molar-refractivity contribution in [2.75, 3.05) is 5.75 Å². The Balaban J connectivity index is 1.83. The maximum Gasteiger partial charge on any atom is 0.0568 e. The maximum absolute atomic E-state index is 12.6. The third-order valence-electron chi connectivity index (χ3n) is 4.69. The molecule has 27 heavy (non-hydrogen) atoms. The van der Waals surface area contributed by atoms with Crippen LogP contribution in [0, 0.1) is 0 Å². The van der Waals surface area contributed by atoms with Crippen LogP contribution in [0.1, 0.15) is 53.4 Å². The van der Waals surface area contributed by atoms with Gasteiger partial charge in [-0.1, -0.05) is 65.3 Å². The first-order valence-corrected chi connectivity index (χ1v) is 11.1. The van der Waals surface area contributed by atoms with Crippen LogP contribution < -0.4 is 0 Å². The Bertz CT molecular complexity index is 867. The number of rotatable bonds is 9. The van der Waals surface area contributed by atoms with Gasteiger partial charge in [0.1, 0.15) is 0 Å². The maximum atomic E-state index is 12.6. The van der Waals surface area contributed by atoms with E-state index in [1.165, 1.54) is 22.1 Å². The van der Waals surface area contributed by atoms with E-state index in [9.17, 15) is 4.21 Å². The summed E-state index contributed by atoms with van der Waals surface area (Å²) in [6, 6.07) is 14.3. The first-order chi connectivity index (χ1) is 13.0. The van der Waals surface area contributed by atoms with E-state index in [1.807, 2.05) is 24.3 Å². The second-order valence-electron chi connectivity index (χ2n) is 7.48. The molecule has 0 heterocycles. The standard InChI is InChI=1S/C25H32OS/c1-20(2)9-7-10-21(3)11-8-12-22(4)17-18-27(26)25-16-15-23-13-5-6-14-24(23)19-25/h5-6,9,11,13-17,19H,7-8,10,12,18H2,1-4H3/b21-11+,22-17+. The molecule has 0 aliphatic heterocycles. The molecule has 0 amide bonds. The van der Waals surface area contributed by atoms with Crippen LogP contribution in [0.4, 0.5) is 0 Å². The molecule has 1 nitrogen and oxygen atoms in total. The minimum Gasteiger partial charge on any atom is -0.254 e. The zero-order chi connectivity index (χ0) is 19.6. The third kappa shape index (κ3) is 7.68. The first-order valence-electron chi connectivity index (χ1n) is 9.77. The fraction of sp³-hybridized carbons (Fsp3) is 0.360. The summed E-state index contributed by atoms with van der Waals surface area (Å²) in [5.74, 6) is 0.591. The Hall–Kier alpha value is -1.93. The Kier molecular flexibility index (Phi) is 8.74. The molecule has 0 radical (unpaired) electrons.